The highest BCUT2D eigenvalue weighted by molar-refractivity contribution is 8.01. The minimum atomic E-state index is -0.565. The molecule has 4 nitrogen and oxygen atoms in total. The lowest BCUT2D eigenvalue weighted by molar-refractivity contribution is -0.130. The molecule has 19 heavy (non-hydrogen) atoms. The molecule has 1 saturated carbocycles. The Kier molecular flexibility index (Phi) is 3.54. The number of carbonyl (C=O) groups is 2. The van der Waals surface area contributed by atoms with Crippen LogP contribution < -0.4 is 5.32 Å². The predicted octanol–water partition coefficient (Wildman–Crippen LogP) is 2.70. The van der Waals surface area contributed by atoms with E-state index in [4.69, 9.17) is 0 Å². The third-order valence-electron chi connectivity index (χ3n) is 3.76. The van der Waals surface area contributed by atoms with E-state index in [1.807, 2.05) is 11.4 Å². The van der Waals surface area contributed by atoms with E-state index >= 15 is 0 Å². The Morgan fingerprint density at radius 2 is 2.16 bits per heavy atom. The van der Waals surface area contributed by atoms with E-state index in [-0.39, 0.29) is 11.9 Å². The fourth-order valence-electron chi connectivity index (χ4n) is 2.78. The highest BCUT2D eigenvalue weighted by Gasteiger charge is 2.51. The molecule has 2 heterocycles. The number of urea groups is 1. The van der Waals surface area contributed by atoms with Gasteiger partial charge >= 0.3 is 6.03 Å². The molecule has 1 aromatic heterocycles. The zero-order valence-electron chi connectivity index (χ0n) is 10.6. The Labute approximate surface area is 120 Å². The predicted molar refractivity (Wildman–Crippen MR) is 76.5 cm³/mol. The standard InChI is InChI=1S/C13H16N2O2S2/c16-11-13(5-1-2-6-13)14-12(17)15(11)7-9-19-10-4-3-8-18-10/h3-4,8H,1-2,5-7,9H2,(H,14,17). The molecule has 6 heteroatoms. The van der Waals surface area contributed by atoms with Crippen molar-refractivity contribution in [3.05, 3.63) is 17.5 Å². The van der Waals surface area contributed by atoms with E-state index in [1.54, 1.807) is 23.1 Å². The summed E-state index contributed by atoms with van der Waals surface area (Å²) < 4.78 is 1.22. The van der Waals surface area contributed by atoms with Crippen LogP contribution in [0, 0.1) is 0 Å². The molecule has 0 atom stereocenters. The Morgan fingerprint density at radius 3 is 2.84 bits per heavy atom. The fourth-order valence-corrected chi connectivity index (χ4v) is 4.57. The maximum Gasteiger partial charge on any atom is 0.325 e. The van der Waals surface area contributed by atoms with Gasteiger partial charge in [-0.2, -0.15) is 0 Å². The van der Waals surface area contributed by atoms with Gasteiger partial charge < -0.3 is 5.32 Å². The second-order valence-corrected chi connectivity index (χ2v) is 7.30. The average Bonchev–Trinajstić information content (AvgIpc) is 3.08. The van der Waals surface area contributed by atoms with Gasteiger partial charge in [0.2, 0.25) is 0 Å². The number of nitrogens with one attached hydrogen (secondary N) is 1. The average molecular weight is 296 g/mol. The lowest BCUT2D eigenvalue weighted by Gasteiger charge is -2.19. The van der Waals surface area contributed by atoms with E-state index in [9.17, 15) is 9.59 Å². The van der Waals surface area contributed by atoms with Gasteiger partial charge in [-0.15, -0.1) is 23.1 Å². The first-order valence-electron chi connectivity index (χ1n) is 6.52. The number of thioether (sulfide) groups is 1. The van der Waals surface area contributed by atoms with E-state index in [0.717, 1.165) is 31.4 Å². The number of thiophene rings is 1. The molecule has 2 fully saturated rings. The zero-order valence-corrected chi connectivity index (χ0v) is 12.2. The molecule has 3 amide bonds. The van der Waals surface area contributed by atoms with Crippen molar-refractivity contribution in [2.45, 2.75) is 35.4 Å². The number of carbonyl (C=O) groups excluding carboxylic acids is 2. The minimum absolute atomic E-state index is 0.0122. The number of imide groups is 1. The van der Waals surface area contributed by atoms with Crippen LogP contribution in [0.15, 0.2) is 21.7 Å². The van der Waals surface area contributed by atoms with Gasteiger partial charge in [-0.05, 0) is 24.3 Å². The van der Waals surface area contributed by atoms with Crippen LogP contribution in [-0.2, 0) is 4.79 Å². The first-order valence-corrected chi connectivity index (χ1v) is 8.38. The highest BCUT2D eigenvalue weighted by atomic mass is 32.2. The van der Waals surface area contributed by atoms with Crippen molar-refractivity contribution in [3.63, 3.8) is 0 Å². The van der Waals surface area contributed by atoms with Gasteiger partial charge in [0, 0.05) is 12.3 Å². The van der Waals surface area contributed by atoms with Crippen LogP contribution in [0.25, 0.3) is 0 Å². The zero-order chi connectivity index (χ0) is 13.3. The van der Waals surface area contributed by atoms with Crippen LogP contribution >= 0.6 is 23.1 Å². The second-order valence-electron chi connectivity index (χ2n) is 4.96. The van der Waals surface area contributed by atoms with Gasteiger partial charge in [-0.1, -0.05) is 18.9 Å². The lowest BCUT2D eigenvalue weighted by Crippen LogP contribution is -2.44. The summed E-state index contributed by atoms with van der Waals surface area (Å²) in [6, 6.07) is 3.85. The molecule has 102 valence electrons. The Bertz CT molecular complexity index is 481. The molecule has 1 aromatic rings. The van der Waals surface area contributed by atoms with Crippen LogP contribution in [0.2, 0.25) is 0 Å². The third kappa shape index (κ3) is 2.39. The lowest BCUT2D eigenvalue weighted by atomic mass is 9.98. The van der Waals surface area contributed by atoms with Gasteiger partial charge in [0.25, 0.3) is 5.91 Å². The van der Waals surface area contributed by atoms with Crippen molar-refractivity contribution < 1.29 is 9.59 Å². The monoisotopic (exact) mass is 296 g/mol. The van der Waals surface area contributed by atoms with Crippen molar-refractivity contribution >= 4 is 35.0 Å². The van der Waals surface area contributed by atoms with Crippen molar-refractivity contribution in [1.29, 1.82) is 0 Å². The molecule has 1 spiro atoms. The summed E-state index contributed by atoms with van der Waals surface area (Å²) in [5, 5.41) is 4.93. The quantitative estimate of drug-likeness (QED) is 0.686. The molecule has 0 radical (unpaired) electrons. The third-order valence-corrected chi connectivity index (χ3v) is 5.87. The van der Waals surface area contributed by atoms with Crippen molar-refractivity contribution in [1.82, 2.24) is 10.2 Å². The summed E-state index contributed by atoms with van der Waals surface area (Å²) in [6.45, 7) is 0.495. The number of hydrogen-bond acceptors (Lipinski definition) is 4. The Hall–Kier alpha value is -1.01. The van der Waals surface area contributed by atoms with Crippen LogP contribution in [0.5, 0.6) is 0 Å². The number of hydrogen-bond donors (Lipinski definition) is 1. The van der Waals surface area contributed by atoms with E-state index in [2.05, 4.69) is 11.4 Å². The van der Waals surface area contributed by atoms with E-state index in [1.165, 1.54) is 9.11 Å². The molecular formula is C13H16N2O2S2. The molecule has 0 unspecified atom stereocenters. The second kappa shape index (κ2) is 5.17. The summed E-state index contributed by atoms with van der Waals surface area (Å²) in [7, 11) is 0. The van der Waals surface area contributed by atoms with E-state index in [0.29, 0.717) is 6.54 Å². The smallest absolute Gasteiger partial charge is 0.323 e. The summed E-state index contributed by atoms with van der Waals surface area (Å²) in [5.74, 6) is 0.747. The number of nitrogens with zero attached hydrogens (tertiary/aromatic N) is 1. The first kappa shape index (κ1) is 13.0. The van der Waals surface area contributed by atoms with Gasteiger partial charge in [-0.3, -0.25) is 9.69 Å². The van der Waals surface area contributed by atoms with Gasteiger partial charge in [-0.25, -0.2) is 4.79 Å². The molecule has 3 rings (SSSR count). The summed E-state index contributed by atoms with van der Waals surface area (Å²) in [4.78, 5) is 25.7. The highest BCUT2D eigenvalue weighted by Crippen LogP contribution is 2.35. The van der Waals surface area contributed by atoms with Crippen LogP contribution in [0.1, 0.15) is 25.7 Å². The van der Waals surface area contributed by atoms with Crippen molar-refractivity contribution in [2.24, 2.45) is 0 Å². The SMILES string of the molecule is O=C1NC2(CCCC2)C(=O)N1CCSc1cccs1. The molecule has 0 bridgehead atoms. The van der Waals surface area contributed by atoms with Crippen LogP contribution in [0.3, 0.4) is 0 Å². The molecule has 2 aliphatic rings. The summed E-state index contributed by atoms with van der Waals surface area (Å²) >= 11 is 3.38. The molecule has 1 aliphatic carbocycles. The maximum atomic E-state index is 12.4. The number of rotatable bonds is 4. The largest absolute Gasteiger partial charge is 0.325 e. The maximum absolute atomic E-state index is 12.4. The normalized spacial score (nSPS) is 21.4. The molecule has 1 saturated heterocycles. The molecule has 1 aliphatic heterocycles. The minimum Gasteiger partial charge on any atom is -0.323 e. The Morgan fingerprint density at radius 1 is 1.37 bits per heavy atom. The fraction of sp³-hybridized carbons (Fsp3) is 0.538. The van der Waals surface area contributed by atoms with Crippen LogP contribution in [0.4, 0.5) is 4.79 Å². The van der Waals surface area contributed by atoms with Crippen molar-refractivity contribution in [3.8, 4) is 0 Å². The van der Waals surface area contributed by atoms with E-state index < -0.39 is 5.54 Å². The molecule has 1 N–H and O–H groups in total. The van der Waals surface area contributed by atoms with Crippen molar-refractivity contribution in [2.75, 3.05) is 12.3 Å². The molecule has 0 aromatic carbocycles. The number of amides is 3. The van der Waals surface area contributed by atoms with Gasteiger partial charge in [0.1, 0.15) is 5.54 Å². The molecular weight excluding hydrogens is 280 g/mol. The summed E-state index contributed by atoms with van der Waals surface area (Å²) in [5.41, 5.74) is -0.565. The first-order chi connectivity index (χ1) is 9.21. The Balaban J connectivity index is 1.59. The summed E-state index contributed by atoms with van der Waals surface area (Å²) in [6.07, 6.45) is 3.66. The topological polar surface area (TPSA) is 49.4 Å². The van der Waals surface area contributed by atoms with Gasteiger partial charge in [0.05, 0.1) is 4.21 Å². The van der Waals surface area contributed by atoms with Crippen LogP contribution in [-0.4, -0.2) is 34.7 Å². The van der Waals surface area contributed by atoms with Gasteiger partial charge in [0.15, 0.2) is 0 Å².